The number of allylic oxidation sites excluding steroid dienone is 1. The van der Waals surface area contributed by atoms with Gasteiger partial charge in [-0.3, -0.25) is 4.98 Å². The Morgan fingerprint density at radius 3 is 2.92 bits per heavy atom. The molecule has 0 spiro atoms. The average Bonchev–Trinajstić information content (AvgIpc) is 2.05. The molecule has 64 valence electrons. The van der Waals surface area contributed by atoms with E-state index in [0.29, 0.717) is 6.54 Å². The highest BCUT2D eigenvalue weighted by atomic mass is 14.6. The van der Waals surface area contributed by atoms with Crippen LogP contribution in [-0.2, 0) is 6.42 Å². The standard InChI is InChI=1S/C10H14N2/c1-8(2)10-5-9(3-4-11)6-12-7-10/h5-7H,1,3-4,11H2,2H3. The fourth-order valence-corrected chi connectivity index (χ4v) is 1.02. The minimum atomic E-state index is 0.668. The second-order valence-electron chi connectivity index (χ2n) is 2.90. The third-order valence-electron chi connectivity index (χ3n) is 1.72. The van der Waals surface area contributed by atoms with Gasteiger partial charge in [-0.2, -0.15) is 0 Å². The second kappa shape index (κ2) is 4.02. The Balaban J connectivity index is 2.88. The van der Waals surface area contributed by atoms with Gasteiger partial charge in [0.1, 0.15) is 0 Å². The van der Waals surface area contributed by atoms with Crippen molar-refractivity contribution in [3.05, 3.63) is 36.2 Å². The summed E-state index contributed by atoms with van der Waals surface area (Å²) in [4.78, 5) is 4.11. The lowest BCUT2D eigenvalue weighted by molar-refractivity contribution is 0.957. The van der Waals surface area contributed by atoms with Crippen molar-refractivity contribution < 1.29 is 0 Å². The van der Waals surface area contributed by atoms with Crippen molar-refractivity contribution in [2.75, 3.05) is 6.54 Å². The largest absolute Gasteiger partial charge is 0.330 e. The molecule has 0 amide bonds. The SMILES string of the molecule is C=C(C)c1cncc(CCN)c1. The zero-order valence-corrected chi connectivity index (χ0v) is 7.38. The van der Waals surface area contributed by atoms with Crippen LogP contribution in [0.4, 0.5) is 0 Å². The molecule has 1 aromatic rings. The molecular formula is C10H14N2. The Hall–Kier alpha value is -1.15. The monoisotopic (exact) mass is 162 g/mol. The molecule has 1 rings (SSSR count). The zero-order chi connectivity index (χ0) is 8.97. The third kappa shape index (κ3) is 2.17. The van der Waals surface area contributed by atoms with Gasteiger partial charge in [-0.15, -0.1) is 0 Å². The van der Waals surface area contributed by atoms with Crippen LogP contribution in [0.2, 0.25) is 0 Å². The van der Waals surface area contributed by atoms with Gasteiger partial charge in [-0.05, 0) is 42.7 Å². The average molecular weight is 162 g/mol. The molecule has 0 bridgehead atoms. The first-order valence-corrected chi connectivity index (χ1v) is 4.04. The maximum Gasteiger partial charge on any atom is 0.0342 e. The molecule has 0 aliphatic carbocycles. The highest BCUT2D eigenvalue weighted by molar-refractivity contribution is 5.60. The predicted molar refractivity (Wildman–Crippen MR) is 51.7 cm³/mol. The third-order valence-corrected chi connectivity index (χ3v) is 1.72. The number of nitrogens with two attached hydrogens (primary N) is 1. The fourth-order valence-electron chi connectivity index (χ4n) is 1.02. The molecule has 2 N–H and O–H groups in total. The van der Waals surface area contributed by atoms with Crippen molar-refractivity contribution in [2.45, 2.75) is 13.3 Å². The molecule has 1 aromatic heterocycles. The summed E-state index contributed by atoms with van der Waals surface area (Å²) in [5, 5.41) is 0. The highest BCUT2D eigenvalue weighted by Crippen LogP contribution is 2.11. The van der Waals surface area contributed by atoms with Crippen molar-refractivity contribution in [3.63, 3.8) is 0 Å². The van der Waals surface area contributed by atoms with Gasteiger partial charge in [-0.1, -0.05) is 6.58 Å². The number of hydrogen-bond donors (Lipinski definition) is 1. The molecule has 1 heterocycles. The Morgan fingerprint density at radius 2 is 2.33 bits per heavy atom. The van der Waals surface area contributed by atoms with Crippen LogP contribution < -0.4 is 5.73 Å². The quantitative estimate of drug-likeness (QED) is 0.733. The maximum atomic E-state index is 5.44. The van der Waals surface area contributed by atoms with Crippen molar-refractivity contribution in [3.8, 4) is 0 Å². The van der Waals surface area contributed by atoms with Crippen LogP contribution in [0.5, 0.6) is 0 Å². The number of hydrogen-bond acceptors (Lipinski definition) is 2. The minimum absolute atomic E-state index is 0.668. The van der Waals surface area contributed by atoms with Crippen LogP contribution in [0.3, 0.4) is 0 Å². The lowest BCUT2D eigenvalue weighted by atomic mass is 10.1. The topological polar surface area (TPSA) is 38.9 Å². The van der Waals surface area contributed by atoms with Gasteiger partial charge in [0, 0.05) is 12.4 Å². The molecule has 0 aliphatic rings. The van der Waals surface area contributed by atoms with Crippen molar-refractivity contribution >= 4 is 5.57 Å². The number of pyridine rings is 1. The molecule has 0 saturated carbocycles. The minimum Gasteiger partial charge on any atom is -0.330 e. The summed E-state index contributed by atoms with van der Waals surface area (Å²) in [6.45, 7) is 6.50. The van der Waals surface area contributed by atoms with Gasteiger partial charge in [0.05, 0.1) is 0 Å². The molecular weight excluding hydrogens is 148 g/mol. The van der Waals surface area contributed by atoms with Crippen LogP contribution in [0, 0.1) is 0 Å². The summed E-state index contributed by atoms with van der Waals surface area (Å²) in [7, 11) is 0. The zero-order valence-electron chi connectivity index (χ0n) is 7.38. The summed E-state index contributed by atoms with van der Waals surface area (Å²) in [5.74, 6) is 0. The molecule has 0 fully saturated rings. The van der Waals surface area contributed by atoms with Gasteiger partial charge >= 0.3 is 0 Å². The summed E-state index contributed by atoms with van der Waals surface area (Å²) >= 11 is 0. The van der Waals surface area contributed by atoms with Crippen LogP contribution in [0.15, 0.2) is 25.0 Å². The number of aromatic nitrogens is 1. The van der Waals surface area contributed by atoms with Crippen LogP contribution in [0.1, 0.15) is 18.1 Å². The van der Waals surface area contributed by atoms with Gasteiger partial charge in [0.25, 0.3) is 0 Å². The highest BCUT2D eigenvalue weighted by Gasteiger charge is 1.95. The summed E-state index contributed by atoms with van der Waals surface area (Å²) in [6.07, 6.45) is 4.55. The van der Waals surface area contributed by atoms with E-state index in [2.05, 4.69) is 17.6 Å². The second-order valence-corrected chi connectivity index (χ2v) is 2.90. The number of rotatable bonds is 3. The first-order valence-electron chi connectivity index (χ1n) is 4.04. The van der Waals surface area contributed by atoms with Crippen LogP contribution in [0.25, 0.3) is 5.57 Å². The molecule has 0 radical (unpaired) electrons. The molecule has 0 saturated heterocycles. The van der Waals surface area contributed by atoms with Gasteiger partial charge in [-0.25, -0.2) is 0 Å². The van der Waals surface area contributed by atoms with Gasteiger partial charge in [0.2, 0.25) is 0 Å². The first kappa shape index (κ1) is 8.94. The lowest BCUT2D eigenvalue weighted by Gasteiger charge is -2.01. The van der Waals surface area contributed by atoms with E-state index < -0.39 is 0 Å². The summed E-state index contributed by atoms with van der Waals surface area (Å²) in [5.41, 5.74) is 8.76. The molecule has 0 atom stereocenters. The molecule has 12 heavy (non-hydrogen) atoms. The predicted octanol–water partition coefficient (Wildman–Crippen LogP) is 1.62. The summed E-state index contributed by atoms with van der Waals surface area (Å²) < 4.78 is 0. The van der Waals surface area contributed by atoms with E-state index in [0.717, 1.165) is 17.6 Å². The van der Waals surface area contributed by atoms with E-state index in [4.69, 9.17) is 5.73 Å². The number of nitrogens with zero attached hydrogens (tertiary/aromatic N) is 1. The fraction of sp³-hybridized carbons (Fsp3) is 0.300. The molecule has 2 heteroatoms. The Labute approximate surface area is 73.1 Å². The maximum absolute atomic E-state index is 5.44. The van der Waals surface area contributed by atoms with E-state index in [9.17, 15) is 0 Å². The van der Waals surface area contributed by atoms with Crippen molar-refractivity contribution in [1.29, 1.82) is 0 Å². The smallest absolute Gasteiger partial charge is 0.0342 e. The molecule has 0 aliphatic heterocycles. The first-order chi connectivity index (χ1) is 5.74. The molecule has 0 aromatic carbocycles. The lowest BCUT2D eigenvalue weighted by Crippen LogP contribution is -2.03. The van der Waals surface area contributed by atoms with Gasteiger partial charge in [0.15, 0.2) is 0 Å². The normalized spacial score (nSPS) is 9.83. The Kier molecular flexibility index (Phi) is 3.00. The van der Waals surface area contributed by atoms with Crippen LogP contribution >= 0.6 is 0 Å². The van der Waals surface area contributed by atoms with Crippen molar-refractivity contribution in [2.24, 2.45) is 5.73 Å². The van der Waals surface area contributed by atoms with E-state index >= 15 is 0 Å². The molecule has 0 unspecified atom stereocenters. The van der Waals surface area contributed by atoms with E-state index in [-0.39, 0.29) is 0 Å². The summed E-state index contributed by atoms with van der Waals surface area (Å²) in [6, 6.07) is 2.09. The van der Waals surface area contributed by atoms with Gasteiger partial charge < -0.3 is 5.73 Å². The molecule has 2 nitrogen and oxygen atoms in total. The Morgan fingerprint density at radius 1 is 1.58 bits per heavy atom. The van der Waals surface area contributed by atoms with Crippen molar-refractivity contribution in [1.82, 2.24) is 4.98 Å². The van der Waals surface area contributed by atoms with E-state index in [1.54, 1.807) is 0 Å². The van der Waals surface area contributed by atoms with Crippen LogP contribution in [-0.4, -0.2) is 11.5 Å². The van der Waals surface area contributed by atoms with E-state index in [1.807, 2.05) is 19.3 Å². The van der Waals surface area contributed by atoms with E-state index in [1.165, 1.54) is 5.56 Å². The Bertz CT molecular complexity index is 279.